The van der Waals surface area contributed by atoms with E-state index < -0.39 is 35.7 Å². The molecule has 0 aliphatic heterocycles. The highest BCUT2D eigenvalue weighted by Gasteiger charge is 2.31. The number of pyridine rings is 1. The van der Waals surface area contributed by atoms with E-state index >= 15 is 0 Å². The number of carbonyl (C=O) groups is 3. The van der Waals surface area contributed by atoms with Crippen molar-refractivity contribution in [1.29, 1.82) is 0 Å². The molecule has 12 heteroatoms. The number of amides is 3. The van der Waals surface area contributed by atoms with Crippen LogP contribution in [-0.2, 0) is 22.1 Å². The summed E-state index contributed by atoms with van der Waals surface area (Å²) in [4.78, 5) is 41.6. The third kappa shape index (κ3) is 7.85. The zero-order valence-electron chi connectivity index (χ0n) is 22.0. The lowest BCUT2D eigenvalue weighted by molar-refractivity contribution is -0.143. The summed E-state index contributed by atoms with van der Waals surface area (Å²) in [5, 5.41) is 7.40. The maximum atomic E-state index is 12.8. The van der Waals surface area contributed by atoms with Crippen molar-refractivity contribution in [2.45, 2.75) is 18.6 Å². The molecular formula is C30H24ClF3N4O4. The summed E-state index contributed by atoms with van der Waals surface area (Å²) < 4.78 is 43.3. The van der Waals surface area contributed by atoms with Crippen LogP contribution in [0.5, 0.6) is 0 Å². The number of hydrogen-bond donors (Lipinski definition) is 3. The molecule has 8 nitrogen and oxygen atoms in total. The van der Waals surface area contributed by atoms with Crippen LogP contribution < -0.4 is 16.0 Å². The predicted molar refractivity (Wildman–Crippen MR) is 152 cm³/mol. The maximum absolute atomic E-state index is 12.8. The van der Waals surface area contributed by atoms with Crippen LogP contribution in [0.25, 0.3) is 11.1 Å². The van der Waals surface area contributed by atoms with Crippen LogP contribution in [0.3, 0.4) is 0 Å². The first-order valence-electron chi connectivity index (χ1n) is 12.5. The number of rotatable bonds is 8. The maximum Gasteiger partial charge on any atom is 0.416 e. The number of urea groups is 1. The Kier molecular flexibility index (Phi) is 9.43. The van der Waals surface area contributed by atoms with Gasteiger partial charge in [0.1, 0.15) is 11.7 Å². The Labute approximate surface area is 243 Å². The van der Waals surface area contributed by atoms with E-state index in [9.17, 15) is 27.6 Å². The zero-order valence-corrected chi connectivity index (χ0v) is 22.8. The molecule has 0 fully saturated rings. The summed E-state index contributed by atoms with van der Waals surface area (Å²) in [5.41, 5.74) is 1.90. The molecule has 0 aliphatic rings. The largest absolute Gasteiger partial charge is 0.467 e. The highest BCUT2D eigenvalue weighted by atomic mass is 35.5. The fourth-order valence-corrected chi connectivity index (χ4v) is 4.17. The minimum atomic E-state index is -4.55. The van der Waals surface area contributed by atoms with Gasteiger partial charge in [-0.15, -0.1) is 0 Å². The Morgan fingerprint density at radius 2 is 1.60 bits per heavy atom. The minimum Gasteiger partial charge on any atom is -0.467 e. The van der Waals surface area contributed by atoms with Gasteiger partial charge >= 0.3 is 18.2 Å². The average molecular weight is 597 g/mol. The van der Waals surface area contributed by atoms with Gasteiger partial charge in [-0.2, -0.15) is 13.2 Å². The molecule has 1 heterocycles. The van der Waals surface area contributed by atoms with Gasteiger partial charge in [-0.05, 0) is 47.5 Å². The second-order valence-corrected chi connectivity index (χ2v) is 9.43. The first-order valence-corrected chi connectivity index (χ1v) is 12.8. The number of ether oxygens (including phenoxy) is 1. The molecule has 0 saturated carbocycles. The molecule has 0 aliphatic carbocycles. The molecule has 4 aromatic rings. The predicted octanol–water partition coefficient (Wildman–Crippen LogP) is 6.58. The number of nitrogens with zero attached hydrogens (tertiary/aromatic N) is 1. The van der Waals surface area contributed by atoms with Crippen LogP contribution in [-0.4, -0.2) is 36.0 Å². The third-order valence-electron chi connectivity index (χ3n) is 6.09. The molecule has 3 N–H and O–H groups in total. The van der Waals surface area contributed by atoms with Gasteiger partial charge in [-0.1, -0.05) is 60.1 Å². The first-order chi connectivity index (χ1) is 20.0. The van der Waals surface area contributed by atoms with Gasteiger partial charge < -0.3 is 20.7 Å². The van der Waals surface area contributed by atoms with E-state index in [2.05, 4.69) is 20.9 Å². The molecule has 0 radical (unpaired) electrons. The van der Waals surface area contributed by atoms with Crippen molar-refractivity contribution in [2.24, 2.45) is 0 Å². The number of benzene rings is 3. The Morgan fingerprint density at radius 3 is 2.19 bits per heavy atom. The van der Waals surface area contributed by atoms with Crippen molar-refractivity contribution in [3.8, 4) is 11.1 Å². The van der Waals surface area contributed by atoms with Gasteiger partial charge in [-0.3, -0.25) is 9.78 Å². The standard InChI is InChI=1S/C30H24ClF3N4O4/c1-42-28(40)26(15-18-5-3-2-4-6-18)37-27(39)25-13-9-20(17-35-25)19-7-11-22(12-8-19)36-29(41)38-24-14-10-21(16-23(24)31)30(32,33)34/h2-14,16-17,26H,15H2,1H3,(H,37,39)(H2,36,38,41)/t26-/m0/s1. The topological polar surface area (TPSA) is 109 Å². The number of hydrogen-bond acceptors (Lipinski definition) is 5. The van der Waals surface area contributed by atoms with Crippen LogP contribution >= 0.6 is 11.6 Å². The van der Waals surface area contributed by atoms with Crippen LogP contribution in [0, 0.1) is 0 Å². The van der Waals surface area contributed by atoms with Gasteiger partial charge in [0.15, 0.2) is 0 Å². The molecule has 1 atom stereocenters. The third-order valence-corrected chi connectivity index (χ3v) is 6.40. The number of alkyl halides is 3. The first kappa shape index (κ1) is 30.1. The number of aromatic nitrogens is 1. The minimum absolute atomic E-state index is 0.0203. The van der Waals surface area contributed by atoms with Crippen molar-refractivity contribution in [2.75, 3.05) is 17.7 Å². The number of anilines is 2. The van der Waals surface area contributed by atoms with Crippen LogP contribution in [0.15, 0.2) is 91.1 Å². The second kappa shape index (κ2) is 13.2. The molecule has 0 spiro atoms. The van der Waals surface area contributed by atoms with Crippen molar-refractivity contribution in [3.05, 3.63) is 113 Å². The van der Waals surface area contributed by atoms with E-state index in [4.69, 9.17) is 16.3 Å². The molecule has 0 saturated heterocycles. The number of methoxy groups -OCH3 is 1. The van der Waals surface area contributed by atoms with E-state index in [0.29, 0.717) is 11.3 Å². The van der Waals surface area contributed by atoms with Crippen molar-refractivity contribution in [3.63, 3.8) is 0 Å². The highest BCUT2D eigenvalue weighted by Crippen LogP contribution is 2.33. The molecule has 3 amide bonds. The number of carbonyl (C=O) groups excluding carboxylic acids is 3. The molecule has 0 bridgehead atoms. The zero-order chi connectivity index (χ0) is 30.3. The quantitative estimate of drug-likeness (QED) is 0.199. The molecule has 3 aromatic carbocycles. The number of nitrogens with one attached hydrogen (secondary N) is 3. The molecule has 42 heavy (non-hydrogen) atoms. The molecule has 216 valence electrons. The Hall–Kier alpha value is -4.90. The van der Waals surface area contributed by atoms with E-state index in [-0.39, 0.29) is 22.8 Å². The van der Waals surface area contributed by atoms with Gasteiger partial charge in [-0.25, -0.2) is 9.59 Å². The summed E-state index contributed by atoms with van der Waals surface area (Å²) in [5.74, 6) is -1.11. The van der Waals surface area contributed by atoms with Gasteiger partial charge in [0.2, 0.25) is 0 Å². The number of esters is 1. The molecular weight excluding hydrogens is 573 g/mol. The van der Waals surface area contributed by atoms with Crippen molar-refractivity contribution in [1.82, 2.24) is 10.3 Å². The molecule has 1 aromatic heterocycles. The van der Waals surface area contributed by atoms with E-state index in [1.165, 1.54) is 19.4 Å². The Balaban J connectivity index is 1.36. The van der Waals surface area contributed by atoms with Gasteiger partial charge in [0, 0.05) is 23.9 Å². The van der Waals surface area contributed by atoms with Crippen LogP contribution in [0.4, 0.5) is 29.3 Å². The van der Waals surface area contributed by atoms with Crippen LogP contribution in [0.1, 0.15) is 21.6 Å². The highest BCUT2D eigenvalue weighted by molar-refractivity contribution is 6.33. The van der Waals surface area contributed by atoms with E-state index in [1.807, 2.05) is 30.3 Å². The van der Waals surface area contributed by atoms with Crippen molar-refractivity contribution < 1.29 is 32.3 Å². The SMILES string of the molecule is COC(=O)[C@H](Cc1ccccc1)NC(=O)c1ccc(-c2ccc(NC(=O)Nc3ccc(C(F)(F)F)cc3Cl)cc2)cn1. The lowest BCUT2D eigenvalue weighted by Crippen LogP contribution is -2.43. The van der Waals surface area contributed by atoms with Crippen LogP contribution in [0.2, 0.25) is 5.02 Å². The fourth-order valence-electron chi connectivity index (χ4n) is 3.94. The summed E-state index contributed by atoms with van der Waals surface area (Å²) in [6, 6.07) is 20.1. The van der Waals surface area contributed by atoms with Gasteiger partial charge in [0.05, 0.1) is 23.4 Å². The summed E-state index contributed by atoms with van der Waals surface area (Å²) in [6.45, 7) is 0. The lowest BCUT2D eigenvalue weighted by Gasteiger charge is -2.16. The molecule has 0 unspecified atom stereocenters. The fraction of sp³-hybridized carbons (Fsp3) is 0.133. The van der Waals surface area contributed by atoms with E-state index in [0.717, 1.165) is 29.3 Å². The Bertz CT molecular complexity index is 1560. The second-order valence-electron chi connectivity index (χ2n) is 9.02. The normalized spacial score (nSPS) is 11.7. The smallest absolute Gasteiger partial charge is 0.416 e. The van der Waals surface area contributed by atoms with Crippen molar-refractivity contribution >= 4 is 40.9 Å². The summed E-state index contributed by atoms with van der Waals surface area (Å²) in [7, 11) is 1.25. The number of halogens is 4. The van der Waals surface area contributed by atoms with Gasteiger partial charge in [0.25, 0.3) is 5.91 Å². The van der Waals surface area contributed by atoms with E-state index in [1.54, 1.807) is 30.3 Å². The molecule has 4 rings (SSSR count). The average Bonchev–Trinajstić information content (AvgIpc) is 2.98. The summed E-state index contributed by atoms with van der Waals surface area (Å²) in [6.07, 6.45) is -2.79. The monoisotopic (exact) mass is 596 g/mol. The summed E-state index contributed by atoms with van der Waals surface area (Å²) >= 11 is 5.89. The Morgan fingerprint density at radius 1 is 0.905 bits per heavy atom. The lowest BCUT2D eigenvalue weighted by atomic mass is 10.1.